The zero-order chi connectivity index (χ0) is 17.8. The average molecular weight is 390 g/mol. The van der Waals surface area contributed by atoms with Crippen LogP contribution in [0, 0.1) is 0 Å². The van der Waals surface area contributed by atoms with Crippen molar-refractivity contribution in [1.82, 2.24) is 14.9 Å². The molecule has 1 aromatic carbocycles. The highest BCUT2D eigenvalue weighted by Gasteiger charge is 2.25. The molecule has 4 rings (SSSR count). The van der Waals surface area contributed by atoms with Crippen LogP contribution in [0.25, 0.3) is 11.0 Å². The van der Waals surface area contributed by atoms with E-state index in [1.807, 2.05) is 33.7 Å². The molecule has 4 nitrogen and oxygen atoms in total. The Balaban J connectivity index is 1.20. The van der Waals surface area contributed by atoms with E-state index in [1.54, 1.807) is 0 Å². The van der Waals surface area contributed by atoms with Gasteiger partial charge in [0.25, 0.3) is 0 Å². The highest BCUT2D eigenvalue weighted by molar-refractivity contribution is 8.77. The molecule has 2 aliphatic heterocycles. The molecule has 1 N–H and O–H groups in total. The lowest BCUT2D eigenvalue weighted by molar-refractivity contribution is -0.132. The van der Waals surface area contributed by atoms with Gasteiger partial charge in [-0.1, -0.05) is 40.1 Å². The summed E-state index contributed by atoms with van der Waals surface area (Å²) in [6.45, 7) is 1.74. The predicted octanol–water partition coefficient (Wildman–Crippen LogP) is 4.98. The van der Waals surface area contributed by atoms with Gasteiger partial charge in [0.1, 0.15) is 5.82 Å². The summed E-state index contributed by atoms with van der Waals surface area (Å²) in [5, 5.41) is 0.828. The molecule has 0 spiro atoms. The average Bonchev–Trinajstić information content (AvgIpc) is 3.34. The summed E-state index contributed by atoms with van der Waals surface area (Å²) in [6, 6.07) is 8.19. The molecule has 2 saturated heterocycles. The molecule has 0 saturated carbocycles. The zero-order valence-corrected chi connectivity index (χ0v) is 16.8. The van der Waals surface area contributed by atoms with Crippen molar-refractivity contribution in [1.29, 1.82) is 0 Å². The third-order valence-corrected chi connectivity index (χ3v) is 8.54. The van der Waals surface area contributed by atoms with Crippen LogP contribution in [-0.4, -0.2) is 44.9 Å². The fraction of sp³-hybridized carbons (Fsp3) is 0.600. The van der Waals surface area contributed by atoms with E-state index in [9.17, 15) is 4.79 Å². The third kappa shape index (κ3) is 4.39. The number of benzene rings is 1. The molecule has 2 aliphatic rings. The van der Waals surface area contributed by atoms with Gasteiger partial charge in [0.15, 0.2) is 0 Å². The molecule has 0 unspecified atom stereocenters. The van der Waals surface area contributed by atoms with Gasteiger partial charge in [-0.3, -0.25) is 4.79 Å². The highest BCUT2D eigenvalue weighted by atomic mass is 33.1. The molecule has 0 radical (unpaired) electrons. The van der Waals surface area contributed by atoms with Crippen LogP contribution < -0.4 is 0 Å². The Hall–Kier alpha value is -1.14. The molecule has 1 amide bonds. The topological polar surface area (TPSA) is 49.0 Å². The Morgan fingerprint density at radius 3 is 2.81 bits per heavy atom. The first-order valence-electron chi connectivity index (χ1n) is 9.80. The van der Waals surface area contributed by atoms with Gasteiger partial charge in [-0.2, -0.15) is 0 Å². The van der Waals surface area contributed by atoms with Crippen molar-refractivity contribution in [3.8, 4) is 0 Å². The van der Waals surface area contributed by atoms with Crippen molar-refractivity contribution in [2.24, 2.45) is 0 Å². The van der Waals surface area contributed by atoms with Crippen molar-refractivity contribution in [3.63, 3.8) is 0 Å². The van der Waals surface area contributed by atoms with Crippen LogP contribution in [0.1, 0.15) is 56.7 Å². The van der Waals surface area contributed by atoms with Gasteiger partial charge in [-0.15, -0.1) is 0 Å². The number of piperidine rings is 1. The van der Waals surface area contributed by atoms with Gasteiger partial charge in [0.05, 0.1) is 11.0 Å². The first-order valence-corrected chi connectivity index (χ1v) is 12.2. The van der Waals surface area contributed by atoms with Crippen molar-refractivity contribution in [2.75, 3.05) is 18.8 Å². The maximum Gasteiger partial charge on any atom is 0.222 e. The number of fused-ring (bicyclic) bond motifs is 1. The fourth-order valence-electron chi connectivity index (χ4n) is 3.94. The number of likely N-dealkylation sites (tertiary alicyclic amines) is 1. The number of hydrogen-bond donors (Lipinski definition) is 1. The van der Waals surface area contributed by atoms with Gasteiger partial charge >= 0.3 is 0 Å². The maximum atomic E-state index is 12.5. The van der Waals surface area contributed by atoms with E-state index in [0.29, 0.717) is 11.8 Å². The molecule has 2 aromatic rings. The highest BCUT2D eigenvalue weighted by Crippen LogP contribution is 2.40. The van der Waals surface area contributed by atoms with Crippen LogP contribution in [0.2, 0.25) is 0 Å². The van der Waals surface area contributed by atoms with Crippen molar-refractivity contribution in [3.05, 3.63) is 30.1 Å². The Kier molecular flexibility index (Phi) is 6.10. The second kappa shape index (κ2) is 8.70. The number of aromatic nitrogens is 2. The fourth-order valence-corrected chi connectivity index (χ4v) is 6.97. The van der Waals surface area contributed by atoms with Crippen LogP contribution in [-0.2, 0) is 4.79 Å². The van der Waals surface area contributed by atoms with Crippen LogP contribution in [0.5, 0.6) is 0 Å². The number of nitrogens with one attached hydrogen (secondary N) is 1. The number of amides is 1. The summed E-state index contributed by atoms with van der Waals surface area (Å²) in [4.78, 5) is 22.7. The minimum Gasteiger partial charge on any atom is -0.343 e. The molecule has 0 aliphatic carbocycles. The monoisotopic (exact) mass is 389 g/mol. The maximum absolute atomic E-state index is 12.5. The number of hydrogen-bond acceptors (Lipinski definition) is 4. The van der Waals surface area contributed by atoms with Crippen LogP contribution in [0.3, 0.4) is 0 Å². The van der Waals surface area contributed by atoms with Crippen molar-refractivity contribution >= 4 is 38.5 Å². The second-order valence-corrected chi connectivity index (χ2v) is 10.2. The minimum absolute atomic E-state index is 0.349. The number of carbonyl (C=O) groups is 1. The van der Waals surface area contributed by atoms with Gasteiger partial charge in [-0.25, -0.2) is 4.98 Å². The molecule has 140 valence electrons. The second-order valence-electron chi connectivity index (χ2n) is 7.37. The largest absolute Gasteiger partial charge is 0.343 e. The number of para-hydroxylation sites is 2. The summed E-state index contributed by atoms with van der Waals surface area (Å²) in [7, 11) is 4.04. The lowest BCUT2D eigenvalue weighted by Crippen LogP contribution is -2.38. The van der Waals surface area contributed by atoms with Crippen molar-refractivity contribution < 1.29 is 4.79 Å². The minimum atomic E-state index is 0.349. The molecule has 1 aromatic heterocycles. The Morgan fingerprint density at radius 1 is 1.19 bits per heavy atom. The quantitative estimate of drug-likeness (QED) is 0.559. The lowest BCUT2D eigenvalue weighted by atomic mass is 9.96. The van der Waals surface area contributed by atoms with E-state index in [1.165, 1.54) is 25.0 Å². The molecular weight excluding hydrogens is 362 g/mol. The van der Waals surface area contributed by atoms with Gasteiger partial charge < -0.3 is 9.88 Å². The lowest BCUT2D eigenvalue weighted by Gasteiger charge is -2.31. The van der Waals surface area contributed by atoms with Crippen LogP contribution in [0.4, 0.5) is 0 Å². The number of unbranched alkanes of at least 4 members (excludes halogenated alkanes) is 1. The molecule has 0 bridgehead atoms. The van der Waals surface area contributed by atoms with E-state index in [2.05, 4.69) is 22.0 Å². The van der Waals surface area contributed by atoms with Crippen molar-refractivity contribution in [2.45, 2.75) is 56.1 Å². The van der Waals surface area contributed by atoms with Gasteiger partial charge in [-0.05, 0) is 44.2 Å². The molecule has 1 atom stereocenters. The molecule has 26 heavy (non-hydrogen) atoms. The summed E-state index contributed by atoms with van der Waals surface area (Å²) in [6.07, 6.45) is 7.62. The zero-order valence-electron chi connectivity index (χ0n) is 15.2. The first-order chi connectivity index (χ1) is 12.8. The Morgan fingerprint density at radius 2 is 2.04 bits per heavy atom. The number of nitrogens with zero attached hydrogens (tertiary/aromatic N) is 2. The number of aromatic amines is 1. The summed E-state index contributed by atoms with van der Waals surface area (Å²) in [5.74, 6) is 3.18. The Bertz CT molecular complexity index is 700. The standard InChI is InChI=1S/C20H27N3OS2/c24-19(8-4-1-5-16-11-14-25-26-16)23-12-9-15(10-13-23)20-21-17-6-2-3-7-18(17)22-20/h2-3,6-7,15-16H,1,4-5,8-14H2,(H,21,22)/t16-/m1/s1. The van der Waals surface area contributed by atoms with Gasteiger partial charge in [0, 0.05) is 36.4 Å². The summed E-state index contributed by atoms with van der Waals surface area (Å²) >= 11 is 0. The van der Waals surface area contributed by atoms with Gasteiger partial charge in [0.2, 0.25) is 5.91 Å². The van der Waals surface area contributed by atoms with E-state index < -0.39 is 0 Å². The number of carbonyl (C=O) groups excluding carboxylic acids is 1. The van der Waals surface area contributed by atoms with E-state index in [0.717, 1.165) is 60.9 Å². The smallest absolute Gasteiger partial charge is 0.222 e. The number of imidazole rings is 1. The molecule has 6 heteroatoms. The molecule has 3 heterocycles. The van der Waals surface area contributed by atoms with E-state index in [4.69, 9.17) is 4.98 Å². The third-order valence-electron chi connectivity index (χ3n) is 5.54. The molecule has 2 fully saturated rings. The summed E-state index contributed by atoms with van der Waals surface area (Å²) in [5.41, 5.74) is 2.15. The van der Waals surface area contributed by atoms with Crippen LogP contribution >= 0.6 is 21.6 Å². The Labute approximate surface area is 163 Å². The summed E-state index contributed by atoms with van der Waals surface area (Å²) < 4.78 is 0. The first kappa shape index (κ1) is 18.2. The SMILES string of the molecule is O=C(CCCC[C@@H]1CCSS1)N1CCC(c2nc3ccccc3[nH]2)CC1. The number of rotatable bonds is 6. The van der Waals surface area contributed by atoms with Crippen LogP contribution in [0.15, 0.2) is 24.3 Å². The predicted molar refractivity (Wildman–Crippen MR) is 112 cm³/mol. The number of H-pyrrole nitrogens is 1. The van der Waals surface area contributed by atoms with E-state index in [-0.39, 0.29) is 0 Å². The normalized spacial score (nSPS) is 21.5. The molecular formula is C20H27N3OS2. The van der Waals surface area contributed by atoms with E-state index >= 15 is 0 Å².